The average molecular weight is 212 g/mol. The van der Waals surface area contributed by atoms with Crippen LogP contribution in [-0.2, 0) is 0 Å². The van der Waals surface area contributed by atoms with Gasteiger partial charge < -0.3 is 10.2 Å². The summed E-state index contributed by atoms with van der Waals surface area (Å²) < 4.78 is 0. The quantitative estimate of drug-likeness (QED) is 0.591. The molecule has 2 heteroatoms. The van der Waals surface area contributed by atoms with Gasteiger partial charge in [0.05, 0.1) is 0 Å². The lowest BCUT2D eigenvalue weighted by molar-refractivity contribution is 0.244. The molecule has 0 aromatic carbocycles. The van der Waals surface area contributed by atoms with Crippen LogP contribution in [0.2, 0.25) is 0 Å². The summed E-state index contributed by atoms with van der Waals surface area (Å²) in [6, 6.07) is 0.936. The molecule has 0 spiro atoms. The highest BCUT2D eigenvalue weighted by molar-refractivity contribution is 4.84. The molecule has 1 aliphatic carbocycles. The Morgan fingerprint density at radius 1 is 1.27 bits per heavy atom. The molecule has 0 unspecified atom stereocenters. The van der Waals surface area contributed by atoms with Crippen molar-refractivity contribution in [3.8, 4) is 0 Å². The molecule has 90 valence electrons. The van der Waals surface area contributed by atoms with Crippen molar-refractivity contribution in [3.05, 3.63) is 0 Å². The highest BCUT2D eigenvalue weighted by Gasteiger charge is 2.27. The Hall–Kier alpha value is -0.0800. The van der Waals surface area contributed by atoms with Gasteiger partial charge in [0.1, 0.15) is 0 Å². The molecule has 1 saturated carbocycles. The van der Waals surface area contributed by atoms with E-state index < -0.39 is 0 Å². The zero-order valence-electron chi connectivity index (χ0n) is 10.8. The molecule has 0 aromatic heterocycles. The van der Waals surface area contributed by atoms with Gasteiger partial charge in [-0.25, -0.2) is 0 Å². The van der Waals surface area contributed by atoms with Crippen LogP contribution < -0.4 is 5.32 Å². The van der Waals surface area contributed by atoms with E-state index in [1.807, 2.05) is 0 Å². The topological polar surface area (TPSA) is 15.3 Å². The molecule has 0 amide bonds. The van der Waals surface area contributed by atoms with E-state index >= 15 is 0 Å². The van der Waals surface area contributed by atoms with Crippen molar-refractivity contribution in [3.63, 3.8) is 0 Å². The number of nitrogens with zero attached hydrogens (tertiary/aromatic N) is 1. The molecule has 0 saturated heterocycles. The van der Waals surface area contributed by atoms with Crippen LogP contribution in [0.4, 0.5) is 0 Å². The Balaban J connectivity index is 2.07. The fourth-order valence-electron chi connectivity index (χ4n) is 1.92. The van der Waals surface area contributed by atoms with E-state index in [-0.39, 0.29) is 0 Å². The van der Waals surface area contributed by atoms with Gasteiger partial charge in [-0.05, 0) is 57.8 Å². The van der Waals surface area contributed by atoms with Gasteiger partial charge in [0.15, 0.2) is 0 Å². The SMILES string of the molecule is CCNCCCN(CCC(C)C)C1CC1. The second-order valence-electron chi connectivity index (χ2n) is 5.16. The van der Waals surface area contributed by atoms with E-state index in [1.165, 1.54) is 45.3 Å². The Morgan fingerprint density at radius 2 is 2.00 bits per heavy atom. The molecule has 0 bridgehead atoms. The van der Waals surface area contributed by atoms with Crippen LogP contribution in [0.1, 0.15) is 46.5 Å². The van der Waals surface area contributed by atoms with Crippen molar-refractivity contribution >= 4 is 0 Å². The first-order valence-electron chi connectivity index (χ1n) is 6.68. The van der Waals surface area contributed by atoms with Crippen LogP contribution in [0.15, 0.2) is 0 Å². The molecular weight excluding hydrogens is 184 g/mol. The Labute approximate surface area is 95.4 Å². The molecule has 1 aliphatic rings. The van der Waals surface area contributed by atoms with E-state index in [0.717, 1.165) is 18.5 Å². The predicted octanol–water partition coefficient (Wildman–Crippen LogP) is 2.50. The maximum absolute atomic E-state index is 3.40. The molecule has 1 N–H and O–H groups in total. The molecule has 2 nitrogen and oxygen atoms in total. The van der Waals surface area contributed by atoms with E-state index in [0.29, 0.717) is 0 Å². The van der Waals surface area contributed by atoms with Gasteiger partial charge in [-0.1, -0.05) is 20.8 Å². The number of hydrogen-bond acceptors (Lipinski definition) is 2. The maximum atomic E-state index is 3.40. The highest BCUT2D eigenvalue weighted by Crippen LogP contribution is 2.27. The van der Waals surface area contributed by atoms with Crippen LogP contribution in [0, 0.1) is 5.92 Å². The third kappa shape index (κ3) is 6.16. The lowest BCUT2D eigenvalue weighted by Gasteiger charge is -2.22. The van der Waals surface area contributed by atoms with Crippen LogP contribution in [0.5, 0.6) is 0 Å². The first-order chi connectivity index (χ1) is 7.24. The number of rotatable bonds is 9. The lowest BCUT2D eigenvalue weighted by atomic mass is 10.1. The van der Waals surface area contributed by atoms with E-state index in [2.05, 4.69) is 31.0 Å². The molecule has 0 atom stereocenters. The van der Waals surface area contributed by atoms with Crippen molar-refractivity contribution < 1.29 is 0 Å². The summed E-state index contributed by atoms with van der Waals surface area (Å²) in [6.45, 7) is 11.7. The maximum Gasteiger partial charge on any atom is 0.00964 e. The molecule has 0 heterocycles. The van der Waals surface area contributed by atoms with Gasteiger partial charge in [0, 0.05) is 6.04 Å². The van der Waals surface area contributed by atoms with E-state index in [9.17, 15) is 0 Å². The van der Waals surface area contributed by atoms with Crippen LogP contribution in [0.25, 0.3) is 0 Å². The summed E-state index contributed by atoms with van der Waals surface area (Å²) in [6.07, 6.45) is 5.55. The summed E-state index contributed by atoms with van der Waals surface area (Å²) in [5.41, 5.74) is 0. The smallest absolute Gasteiger partial charge is 0.00964 e. The Kier molecular flexibility index (Phi) is 6.26. The first-order valence-corrected chi connectivity index (χ1v) is 6.68. The van der Waals surface area contributed by atoms with Crippen molar-refractivity contribution in [1.82, 2.24) is 10.2 Å². The summed E-state index contributed by atoms with van der Waals surface area (Å²) in [5, 5.41) is 3.40. The average Bonchev–Trinajstić information content (AvgIpc) is 3.00. The summed E-state index contributed by atoms with van der Waals surface area (Å²) in [4.78, 5) is 2.71. The molecule has 1 fully saturated rings. The fraction of sp³-hybridized carbons (Fsp3) is 1.00. The van der Waals surface area contributed by atoms with Crippen LogP contribution in [-0.4, -0.2) is 37.1 Å². The number of nitrogens with one attached hydrogen (secondary N) is 1. The Morgan fingerprint density at radius 3 is 2.53 bits per heavy atom. The van der Waals surface area contributed by atoms with Crippen molar-refractivity contribution in [2.45, 2.75) is 52.5 Å². The van der Waals surface area contributed by atoms with Crippen molar-refractivity contribution in [2.75, 3.05) is 26.2 Å². The molecule has 0 aromatic rings. The van der Waals surface area contributed by atoms with Crippen LogP contribution in [0.3, 0.4) is 0 Å². The Bertz CT molecular complexity index is 153. The van der Waals surface area contributed by atoms with E-state index in [4.69, 9.17) is 0 Å². The second-order valence-corrected chi connectivity index (χ2v) is 5.16. The van der Waals surface area contributed by atoms with Crippen molar-refractivity contribution in [1.29, 1.82) is 0 Å². The van der Waals surface area contributed by atoms with Gasteiger partial charge >= 0.3 is 0 Å². The number of hydrogen-bond donors (Lipinski definition) is 1. The van der Waals surface area contributed by atoms with Crippen molar-refractivity contribution in [2.24, 2.45) is 5.92 Å². The minimum absolute atomic E-state index is 0.847. The third-order valence-corrected chi connectivity index (χ3v) is 3.11. The van der Waals surface area contributed by atoms with Gasteiger partial charge in [0.25, 0.3) is 0 Å². The fourth-order valence-corrected chi connectivity index (χ4v) is 1.92. The summed E-state index contributed by atoms with van der Waals surface area (Å²) in [7, 11) is 0. The zero-order valence-corrected chi connectivity index (χ0v) is 10.8. The minimum atomic E-state index is 0.847. The molecule has 15 heavy (non-hydrogen) atoms. The van der Waals surface area contributed by atoms with Crippen LogP contribution >= 0.6 is 0 Å². The largest absolute Gasteiger partial charge is 0.317 e. The van der Waals surface area contributed by atoms with Gasteiger partial charge in [-0.2, -0.15) is 0 Å². The first kappa shape index (κ1) is 13.0. The third-order valence-electron chi connectivity index (χ3n) is 3.11. The lowest BCUT2D eigenvalue weighted by Crippen LogP contribution is -2.31. The predicted molar refractivity (Wildman–Crippen MR) is 67.2 cm³/mol. The zero-order chi connectivity index (χ0) is 11.1. The monoisotopic (exact) mass is 212 g/mol. The summed E-state index contributed by atoms with van der Waals surface area (Å²) in [5.74, 6) is 0.847. The normalized spacial score (nSPS) is 16.6. The highest BCUT2D eigenvalue weighted by atomic mass is 15.2. The molecule has 1 rings (SSSR count). The molecular formula is C13H28N2. The molecule has 0 aliphatic heterocycles. The van der Waals surface area contributed by atoms with Gasteiger partial charge in [-0.15, -0.1) is 0 Å². The van der Waals surface area contributed by atoms with Gasteiger partial charge in [-0.3, -0.25) is 0 Å². The summed E-state index contributed by atoms with van der Waals surface area (Å²) >= 11 is 0. The minimum Gasteiger partial charge on any atom is -0.317 e. The second kappa shape index (κ2) is 7.24. The standard InChI is InChI=1S/C13H28N2/c1-4-14-9-5-10-15(13-6-7-13)11-8-12(2)3/h12-14H,4-11H2,1-3H3. The van der Waals surface area contributed by atoms with E-state index in [1.54, 1.807) is 0 Å². The molecule has 0 radical (unpaired) electrons. The van der Waals surface area contributed by atoms with Gasteiger partial charge in [0.2, 0.25) is 0 Å².